The summed E-state index contributed by atoms with van der Waals surface area (Å²) in [5.41, 5.74) is 0. The lowest BCUT2D eigenvalue weighted by molar-refractivity contribution is -0.130. The van der Waals surface area contributed by atoms with E-state index in [0.717, 1.165) is 38.5 Å². The van der Waals surface area contributed by atoms with Gasteiger partial charge < -0.3 is 9.64 Å². The van der Waals surface area contributed by atoms with Crippen molar-refractivity contribution in [2.45, 2.75) is 0 Å². The van der Waals surface area contributed by atoms with Crippen LogP contribution in [-0.2, 0) is 4.79 Å². The van der Waals surface area contributed by atoms with Crippen LogP contribution in [0.1, 0.15) is 0 Å². The van der Waals surface area contributed by atoms with Crippen LogP contribution in [0.15, 0.2) is 24.3 Å². The molecule has 1 saturated heterocycles. The topological polar surface area (TPSA) is 36.0 Å². The SMILES string of the molecule is CN(C)C(=O)CN1CCN(CCOc2ccccc2Cl)CC1. The number of carbonyl (C=O) groups is 1. The molecule has 1 aromatic rings. The molecule has 6 heteroatoms. The van der Waals surface area contributed by atoms with Crippen LogP contribution >= 0.6 is 11.6 Å². The maximum absolute atomic E-state index is 11.7. The second-order valence-corrected chi connectivity index (χ2v) is 6.09. The number of piperazine rings is 1. The molecule has 22 heavy (non-hydrogen) atoms. The molecule has 0 bridgehead atoms. The number of rotatable bonds is 6. The van der Waals surface area contributed by atoms with Gasteiger partial charge in [-0.1, -0.05) is 23.7 Å². The summed E-state index contributed by atoms with van der Waals surface area (Å²) in [7, 11) is 3.59. The van der Waals surface area contributed by atoms with E-state index in [2.05, 4.69) is 9.80 Å². The first kappa shape index (κ1) is 17.1. The third kappa shape index (κ3) is 5.16. The van der Waals surface area contributed by atoms with Crippen molar-refractivity contribution < 1.29 is 9.53 Å². The Hall–Kier alpha value is -1.30. The molecule has 1 aliphatic rings. The highest BCUT2D eigenvalue weighted by Gasteiger charge is 2.19. The van der Waals surface area contributed by atoms with Gasteiger partial charge in [-0.25, -0.2) is 0 Å². The molecule has 1 heterocycles. The molecule has 1 fully saturated rings. The van der Waals surface area contributed by atoms with Gasteiger partial charge in [0.15, 0.2) is 0 Å². The van der Waals surface area contributed by atoms with Gasteiger partial charge in [0.05, 0.1) is 11.6 Å². The van der Waals surface area contributed by atoms with Crippen LogP contribution in [0.5, 0.6) is 5.75 Å². The van der Waals surface area contributed by atoms with Crippen LogP contribution in [0.4, 0.5) is 0 Å². The molecule has 0 N–H and O–H groups in total. The van der Waals surface area contributed by atoms with Crippen molar-refractivity contribution >= 4 is 17.5 Å². The van der Waals surface area contributed by atoms with Gasteiger partial charge in [0.2, 0.25) is 5.91 Å². The summed E-state index contributed by atoms with van der Waals surface area (Å²) in [6.45, 7) is 5.79. The lowest BCUT2D eigenvalue weighted by Crippen LogP contribution is -2.50. The molecule has 1 amide bonds. The van der Waals surface area contributed by atoms with E-state index in [0.29, 0.717) is 18.2 Å². The van der Waals surface area contributed by atoms with Crippen LogP contribution in [0.25, 0.3) is 0 Å². The number of para-hydroxylation sites is 1. The van der Waals surface area contributed by atoms with E-state index >= 15 is 0 Å². The van der Waals surface area contributed by atoms with Crippen LogP contribution in [0.2, 0.25) is 5.02 Å². The van der Waals surface area contributed by atoms with Crippen molar-refractivity contribution in [2.75, 3.05) is 60.0 Å². The zero-order valence-corrected chi connectivity index (χ0v) is 14.1. The van der Waals surface area contributed by atoms with E-state index < -0.39 is 0 Å². The van der Waals surface area contributed by atoms with Gasteiger partial charge in [0.25, 0.3) is 0 Å². The smallest absolute Gasteiger partial charge is 0.236 e. The second kappa shape index (κ2) is 8.36. The molecule has 2 rings (SSSR count). The Bertz CT molecular complexity index is 488. The fourth-order valence-electron chi connectivity index (χ4n) is 2.35. The monoisotopic (exact) mass is 325 g/mol. The van der Waals surface area contributed by atoms with Gasteiger partial charge >= 0.3 is 0 Å². The Labute approximate surface area is 137 Å². The molecule has 122 valence electrons. The predicted octanol–water partition coefficient (Wildman–Crippen LogP) is 1.42. The van der Waals surface area contributed by atoms with Gasteiger partial charge in [-0.05, 0) is 12.1 Å². The first-order chi connectivity index (χ1) is 10.6. The molecule has 0 unspecified atom stereocenters. The summed E-state index contributed by atoms with van der Waals surface area (Å²) in [5.74, 6) is 0.898. The Balaban J connectivity index is 1.65. The number of amides is 1. The number of hydrogen-bond donors (Lipinski definition) is 0. The molecule has 0 aromatic heterocycles. The fourth-order valence-corrected chi connectivity index (χ4v) is 2.54. The third-order valence-corrected chi connectivity index (χ3v) is 4.14. The highest BCUT2D eigenvalue weighted by Crippen LogP contribution is 2.22. The van der Waals surface area contributed by atoms with E-state index in [1.54, 1.807) is 19.0 Å². The quantitative estimate of drug-likeness (QED) is 0.792. The predicted molar refractivity (Wildman–Crippen MR) is 88.5 cm³/mol. The van der Waals surface area contributed by atoms with Gasteiger partial charge in [0.1, 0.15) is 12.4 Å². The Morgan fingerprint density at radius 3 is 2.45 bits per heavy atom. The first-order valence-electron chi connectivity index (χ1n) is 7.58. The first-order valence-corrected chi connectivity index (χ1v) is 7.96. The summed E-state index contributed by atoms with van der Waals surface area (Å²) in [5, 5.41) is 0.648. The van der Waals surface area contributed by atoms with E-state index in [-0.39, 0.29) is 5.91 Å². The number of nitrogens with zero attached hydrogens (tertiary/aromatic N) is 3. The number of likely N-dealkylation sites (N-methyl/N-ethyl adjacent to an activating group) is 1. The van der Waals surface area contributed by atoms with Gasteiger partial charge in [-0.2, -0.15) is 0 Å². The summed E-state index contributed by atoms with van der Waals surface area (Å²) in [4.78, 5) is 17.9. The summed E-state index contributed by atoms with van der Waals surface area (Å²) < 4.78 is 5.71. The minimum Gasteiger partial charge on any atom is -0.491 e. The van der Waals surface area contributed by atoms with E-state index in [1.807, 2.05) is 24.3 Å². The van der Waals surface area contributed by atoms with Crippen LogP contribution in [0.3, 0.4) is 0 Å². The Morgan fingerprint density at radius 1 is 1.18 bits per heavy atom. The highest BCUT2D eigenvalue weighted by atomic mass is 35.5. The maximum Gasteiger partial charge on any atom is 0.236 e. The second-order valence-electron chi connectivity index (χ2n) is 5.68. The number of hydrogen-bond acceptors (Lipinski definition) is 4. The van der Waals surface area contributed by atoms with Crippen molar-refractivity contribution in [3.05, 3.63) is 29.3 Å². The van der Waals surface area contributed by atoms with E-state index in [4.69, 9.17) is 16.3 Å². The van der Waals surface area contributed by atoms with Crippen LogP contribution in [-0.4, -0.2) is 80.6 Å². The average molecular weight is 326 g/mol. The number of halogens is 1. The minimum absolute atomic E-state index is 0.163. The molecule has 0 saturated carbocycles. The zero-order valence-electron chi connectivity index (χ0n) is 13.3. The van der Waals surface area contributed by atoms with Crippen molar-refractivity contribution in [1.82, 2.24) is 14.7 Å². The van der Waals surface area contributed by atoms with Gasteiger partial charge in [-0.15, -0.1) is 0 Å². The average Bonchev–Trinajstić information content (AvgIpc) is 2.51. The Morgan fingerprint density at radius 2 is 1.82 bits per heavy atom. The molecule has 0 spiro atoms. The standard InChI is InChI=1S/C16H24ClN3O2/c1-18(2)16(21)13-20-9-7-19(8-10-20)11-12-22-15-6-4-3-5-14(15)17/h3-6H,7-13H2,1-2H3. The highest BCUT2D eigenvalue weighted by molar-refractivity contribution is 6.32. The summed E-state index contributed by atoms with van der Waals surface area (Å²) in [6.07, 6.45) is 0. The van der Waals surface area contributed by atoms with Crippen LogP contribution in [0, 0.1) is 0 Å². The van der Waals surface area contributed by atoms with Gasteiger partial charge in [-0.3, -0.25) is 14.6 Å². The zero-order chi connectivity index (χ0) is 15.9. The van der Waals surface area contributed by atoms with Gasteiger partial charge in [0, 0.05) is 46.8 Å². The normalized spacial score (nSPS) is 16.5. The molecular formula is C16H24ClN3O2. The van der Waals surface area contributed by atoms with Crippen LogP contribution < -0.4 is 4.74 Å². The molecule has 5 nitrogen and oxygen atoms in total. The third-order valence-electron chi connectivity index (χ3n) is 3.82. The largest absolute Gasteiger partial charge is 0.491 e. The van der Waals surface area contributed by atoms with Crippen molar-refractivity contribution in [3.63, 3.8) is 0 Å². The van der Waals surface area contributed by atoms with Crippen molar-refractivity contribution in [3.8, 4) is 5.75 Å². The lowest BCUT2D eigenvalue weighted by atomic mass is 10.3. The molecule has 1 aromatic carbocycles. The Kier molecular flexibility index (Phi) is 6.49. The fraction of sp³-hybridized carbons (Fsp3) is 0.562. The minimum atomic E-state index is 0.163. The summed E-state index contributed by atoms with van der Waals surface area (Å²) in [6, 6.07) is 7.52. The van der Waals surface area contributed by atoms with E-state index in [9.17, 15) is 4.79 Å². The lowest BCUT2D eigenvalue weighted by Gasteiger charge is -2.34. The molecule has 0 atom stereocenters. The van der Waals surface area contributed by atoms with Crippen molar-refractivity contribution in [2.24, 2.45) is 0 Å². The number of ether oxygens (including phenoxy) is 1. The molecular weight excluding hydrogens is 302 g/mol. The summed E-state index contributed by atoms with van der Waals surface area (Å²) >= 11 is 6.06. The number of carbonyl (C=O) groups excluding carboxylic acids is 1. The molecule has 0 radical (unpaired) electrons. The van der Waals surface area contributed by atoms with Crippen molar-refractivity contribution in [1.29, 1.82) is 0 Å². The maximum atomic E-state index is 11.7. The molecule has 0 aliphatic carbocycles. The van der Waals surface area contributed by atoms with E-state index in [1.165, 1.54) is 0 Å². The molecule has 1 aliphatic heterocycles. The number of benzene rings is 1.